The number of fused-ring (bicyclic) bond motifs is 1. The minimum Gasteiger partial charge on any atom is -0.298 e. The molecule has 0 atom stereocenters. The Kier molecular flexibility index (Phi) is 2.45. The predicted molar refractivity (Wildman–Crippen MR) is 76.5 cm³/mol. The summed E-state index contributed by atoms with van der Waals surface area (Å²) in [5.41, 5.74) is 3.69. The Morgan fingerprint density at radius 1 is 0.882 bits per heavy atom. The lowest BCUT2D eigenvalue weighted by atomic mass is 9.99. The van der Waals surface area contributed by atoms with Crippen LogP contribution < -0.4 is 0 Å². The van der Waals surface area contributed by atoms with Crippen LogP contribution in [0.25, 0.3) is 21.9 Å². The Labute approximate surface area is 106 Å². The van der Waals surface area contributed by atoms with E-state index in [0.717, 1.165) is 0 Å². The van der Waals surface area contributed by atoms with Gasteiger partial charge in [-0.15, -0.1) is 0 Å². The number of aromatic nitrogens is 1. The van der Waals surface area contributed by atoms with Gasteiger partial charge in [-0.2, -0.15) is 0 Å². The fraction of sp³-hybridized carbons (Fsp3) is 0.0667. The van der Waals surface area contributed by atoms with Crippen molar-refractivity contribution in [3.05, 3.63) is 60.4 Å². The molecule has 0 N–H and O–H groups in total. The lowest BCUT2D eigenvalue weighted by Gasteiger charge is -2.06. The quantitative estimate of drug-likeness (QED) is 0.604. The van der Waals surface area contributed by atoms with Crippen molar-refractivity contribution in [3.8, 4) is 11.1 Å². The van der Waals surface area contributed by atoms with Gasteiger partial charge in [0.1, 0.15) is 0 Å². The van der Waals surface area contributed by atoms with Crippen LogP contribution in [0, 0.1) is 6.92 Å². The summed E-state index contributed by atoms with van der Waals surface area (Å²) in [4.78, 5) is 0. The van der Waals surface area contributed by atoms with Crippen LogP contribution in [0.4, 0.5) is 0 Å². The second kappa shape index (κ2) is 3.97. The summed E-state index contributed by atoms with van der Waals surface area (Å²) in [6.45, 7) is 2.09. The zero-order chi connectivity index (χ0) is 11.8. The fourth-order valence-corrected chi connectivity index (χ4v) is 2.42. The summed E-state index contributed by atoms with van der Waals surface area (Å²) in [5, 5.41) is 2.56. The van der Waals surface area contributed by atoms with E-state index in [2.05, 4.69) is 68.3 Å². The first kappa shape index (κ1) is 10.5. The molecule has 1 aromatic heterocycles. The van der Waals surface area contributed by atoms with E-state index in [1.165, 1.54) is 27.6 Å². The number of benzene rings is 2. The van der Waals surface area contributed by atoms with E-state index in [0.29, 0.717) is 0 Å². The molecule has 0 radical (unpaired) electrons. The maximum Gasteiger partial charge on any atom is 0.0338 e. The summed E-state index contributed by atoms with van der Waals surface area (Å²) in [6.07, 6.45) is 1.98. The van der Waals surface area contributed by atoms with Crippen molar-refractivity contribution in [1.29, 1.82) is 0 Å². The fourth-order valence-electron chi connectivity index (χ4n) is 2.25. The molecule has 1 heterocycles. The molecular weight excluding hydrogens is 226 g/mol. The van der Waals surface area contributed by atoms with Gasteiger partial charge in [0, 0.05) is 17.5 Å². The molecule has 3 aromatic rings. The predicted octanol–water partition coefficient (Wildman–Crippen LogP) is 4.31. The second-order valence-electron chi connectivity index (χ2n) is 4.19. The summed E-state index contributed by atoms with van der Waals surface area (Å²) < 4.78 is 1.86. The van der Waals surface area contributed by atoms with Crippen LogP contribution in [0.2, 0.25) is 0 Å². The SMILES string of the molecule is Cc1c(-c2cccc3ccccc23)ccn1S. The van der Waals surface area contributed by atoms with E-state index < -0.39 is 0 Å². The van der Waals surface area contributed by atoms with Crippen LogP contribution in [-0.2, 0) is 0 Å². The van der Waals surface area contributed by atoms with Crippen molar-refractivity contribution in [1.82, 2.24) is 3.97 Å². The zero-order valence-corrected chi connectivity index (χ0v) is 10.5. The molecule has 0 aliphatic heterocycles. The normalized spacial score (nSPS) is 10.9. The standard InChI is InChI=1S/C15H13NS/c1-11-13(9-10-16(11)17)15-8-4-6-12-5-2-3-7-14(12)15/h2-10,17H,1H3. The zero-order valence-electron chi connectivity index (χ0n) is 9.59. The molecule has 0 fully saturated rings. The van der Waals surface area contributed by atoms with Crippen LogP contribution >= 0.6 is 12.8 Å². The summed E-state index contributed by atoms with van der Waals surface area (Å²) in [7, 11) is 0. The highest BCUT2D eigenvalue weighted by atomic mass is 32.1. The smallest absolute Gasteiger partial charge is 0.0338 e. The molecule has 1 nitrogen and oxygen atoms in total. The van der Waals surface area contributed by atoms with Crippen LogP contribution in [0.3, 0.4) is 0 Å². The van der Waals surface area contributed by atoms with E-state index in [9.17, 15) is 0 Å². The Morgan fingerprint density at radius 3 is 2.41 bits per heavy atom. The summed E-state index contributed by atoms with van der Waals surface area (Å²) in [6, 6.07) is 17.0. The molecule has 84 valence electrons. The van der Waals surface area contributed by atoms with Gasteiger partial charge in [0.05, 0.1) is 0 Å². The van der Waals surface area contributed by atoms with Gasteiger partial charge < -0.3 is 0 Å². The van der Waals surface area contributed by atoms with Crippen LogP contribution in [0.5, 0.6) is 0 Å². The average molecular weight is 239 g/mol. The number of thiol groups is 1. The Balaban J connectivity index is 2.34. The highest BCUT2D eigenvalue weighted by molar-refractivity contribution is 7.78. The Morgan fingerprint density at radius 2 is 1.65 bits per heavy atom. The highest BCUT2D eigenvalue weighted by Crippen LogP contribution is 2.31. The largest absolute Gasteiger partial charge is 0.298 e. The van der Waals surface area contributed by atoms with Gasteiger partial charge in [-0.1, -0.05) is 55.3 Å². The lowest BCUT2D eigenvalue weighted by Crippen LogP contribution is -1.85. The molecule has 0 saturated heterocycles. The number of rotatable bonds is 1. The molecule has 0 aliphatic rings. The first-order valence-electron chi connectivity index (χ1n) is 5.63. The van der Waals surface area contributed by atoms with Crippen LogP contribution in [0.1, 0.15) is 5.69 Å². The van der Waals surface area contributed by atoms with Gasteiger partial charge in [0.15, 0.2) is 0 Å². The molecule has 17 heavy (non-hydrogen) atoms. The molecule has 2 heteroatoms. The van der Waals surface area contributed by atoms with Crippen molar-refractivity contribution < 1.29 is 0 Å². The maximum absolute atomic E-state index is 4.38. The topological polar surface area (TPSA) is 4.93 Å². The minimum atomic E-state index is 1.17. The van der Waals surface area contributed by atoms with Crippen molar-refractivity contribution in [3.63, 3.8) is 0 Å². The molecular formula is C15H13NS. The maximum atomic E-state index is 4.38. The number of hydrogen-bond donors (Lipinski definition) is 1. The Hall–Kier alpha value is -1.67. The van der Waals surface area contributed by atoms with Crippen molar-refractivity contribution in [2.75, 3.05) is 0 Å². The third-order valence-corrected chi connectivity index (χ3v) is 3.63. The van der Waals surface area contributed by atoms with Crippen molar-refractivity contribution in [2.24, 2.45) is 0 Å². The third kappa shape index (κ3) is 1.65. The molecule has 2 aromatic carbocycles. The average Bonchev–Trinajstić information content (AvgIpc) is 2.69. The van der Waals surface area contributed by atoms with E-state index in [1.807, 2.05) is 10.2 Å². The van der Waals surface area contributed by atoms with E-state index >= 15 is 0 Å². The molecule has 0 aliphatic carbocycles. The third-order valence-electron chi connectivity index (χ3n) is 3.20. The van der Waals surface area contributed by atoms with Gasteiger partial charge in [-0.25, -0.2) is 0 Å². The number of hydrogen-bond acceptors (Lipinski definition) is 1. The minimum absolute atomic E-state index is 1.17. The first-order valence-corrected chi connectivity index (χ1v) is 6.03. The lowest BCUT2D eigenvalue weighted by molar-refractivity contribution is 1.19. The Bertz CT molecular complexity index is 677. The molecule has 0 saturated carbocycles. The van der Waals surface area contributed by atoms with E-state index in [1.54, 1.807) is 0 Å². The first-order chi connectivity index (χ1) is 8.27. The van der Waals surface area contributed by atoms with Crippen LogP contribution in [0.15, 0.2) is 54.7 Å². The second-order valence-corrected chi connectivity index (χ2v) is 4.62. The number of nitrogens with zero attached hydrogens (tertiary/aromatic N) is 1. The highest BCUT2D eigenvalue weighted by Gasteiger charge is 2.08. The summed E-state index contributed by atoms with van der Waals surface area (Å²) in [5.74, 6) is 0. The van der Waals surface area contributed by atoms with Crippen LogP contribution in [-0.4, -0.2) is 3.97 Å². The van der Waals surface area contributed by atoms with Gasteiger partial charge in [-0.05, 0) is 29.3 Å². The van der Waals surface area contributed by atoms with E-state index in [4.69, 9.17) is 0 Å². The van der Waals surface area contributed by atoms with Gasteiger partial charge in [0.25, 0.3) is 0 Å². The molecule has 0 amide bonds. The summed E-state index contributed by atoms with van der Waals surface area (Å²) >= 11 is 4.38. The molecule has 3 rings (SSSR count). The van der Waals surface area contributed by atoms with Gasteiger partial charge >= 0.3 is 0 Å². The van der Waals surface area contributed by atoms with Gasteiger partial charge in [-0.3, -0.25) is 3.97 Å². The van der Waals surface area contributed by atoms with Gasteiger partial charge in [0.2, 0.25) is 0 Å². The van der Waals surface area contributed by atoms with Crippen molar-refractivity contribution >= 4 is 23.6 Å². The molecule has 0 bridgehead atoms. The van der Waals surface area contributed by atoms with Crippen molar-refractivity contribution in [2.45, 2.75) is 6.92 Å². The van der Waals surface area contributed by atoms with E-state index in [-0.39, 0.29) is 0 Å². The monoisotopic (exact) mass is 239 g/mol. The molecule has 0 spiro atoms. The molecule has 0 unspecified atom stereocenters.